The molecule has 0 amide bonds. The number of nitrogens with two attached hydrogens (primary N) is 1. The maximum absolute atomic E-state index is 13.2. The molecule has 62 valence electrons. The minimum atomic E-state index is -0.230. The van der Waals surface area contributed by atoms with Gasteiger partial charge in [-0.25, -0.2) is 4.39 Å². The lowest BCUT2D eigenvalue weighted by Crippen LogP contribution is -1.91. The monoisotopic (exact) mass is 164 g/mol. The number of nitrogens with zero attached hydrogens (tertiary/aromatic N) is 1. The van der Waals surface area contributed by atoms with Gasteiger partial charge in [0.1, 0.15) is 5.82 Å². The number of hydrogen-bond donors (Lipinski definition) is 1. The molecule has 2 N–H and O–H groups in total. The molecular formula is C9H9FN2. The Balaban J connectivity index is 2.98. The fourth-order valence-corrected chi connectivity index (χ4v) is 1.39. The van der Waals surface area contributed by atoms with E-state index in [9.17, 15) is 4.39 Å². The van der Waals surface area contributed by atoms with Crippen molar-refractivity contribution >= 4 is 16.6 Å². The molecule has 1 heterocycles. The molecule has 0 fully saturated rings. The lowest BCUT2D eigenvalue weighted by atomic mass is 10.2. The Kier molecular flexibility index (Phi) is 1.33. The Morgan fingerprint density at radius 2 is 2.08 bits per heavy atom. The zero-order valence-corrected chi connectivity index (χ0v) is 6.71. The van der Waals surface area contributed by atoms with Crippen LogP contribution in [0.3, 0.4) is 0 Å². The Labute approximate surface area is 69.4 Å². The second-order valence-corrected chi connectivity index (χ2v) is 2.83. The van der Waals surface area contributed by atoms with Crippen LogP contribution in [0.15, 0.2) is 24.4 Å². The van der Waals surface area contributed by atoms with Crippen molar-refractivity contribution in [1.82, 2.24) is 4.57 Å². The molecule has 0 aliphatic carbocycles. The maximum atomic E-state index is 13.2. The van der Waals surface area contributed by atoms with Crippen LogP contribution in [-0.2, 0) is 7.05 Å². The van der Waals surface area contributed by atoms with Gasteiger partial charge in [0.2, 0.25) is 0 Å². The molecule has 2 rings (SSSR count). The van der Waals surface area contributed by atoms with E-state index in [2.05, 4.69) is 0 Å². The van der Waals surface area contributed by atoms with Gasteiger partial charge in [-0.2, -0.15) is 0 Å². The average Bonchev–Trinajstić information content (AvgIpc) is 2.42. The van der Waals surface area contributed by atoms with Crippen molar-refractivity contribution in [3.63, 3.8) is 0 Å². The minimum absolute atomic E-state index is 0.230. The van der Waals surface area contributed by atoms with Crippen LogP contribution < -0.4 is 5.73 Å². The number of aromatic nitrogens is 1. The molecule has 1 aromatic carbocycles. The summed E-state index contributed by atoms with van der Waals surface area (Å²) in [5, 5.41) is 0.775. The normalized spacial score (nSPS) is 10.8. The summed E-state index contributed by atoms with van der Waals surface area (Å²) in [6, 6.07) is 4.78. The van der Waals surface area contributed by atoms with Crippen molar-refractivity contribution in [2.75, 3.05) is 5.73 Å². The van der Waals surface area contributed by atoms with E-state index in [0.29, 0.717) is 11.2 Å². The highest BCUT2D eigenvalue weighted by Crippen LogP contribution is 2.23. The summed E-state index contributed by atoms with van der Waals surface area (Å²) in [5.74, 6) is -0.230. The van der Waals surface area contributed by atoms with Crippen molar-refractivity contribution < 1.29 is 4.39 Å². The van der Waals surface area contributed by atoms with Gasteiger partial charge in [0.05, 0.1) is 5.52 Å². The van der Waals surface area contributed by atoms with Gasteiger partial charge < -0.3 is 10.3 Å². The van der Waals surface area contributed by atoms with Gasteiger partial charge in [0, 0.05) is 24.3 Å². The molecule has 0 spiro atoms. The van der Waals surface area contributed by atoms with E-state index in [1.54, 1.807) is 23.9 Å². The van der Waals surface area contributed by atoms with Crippen LogP contribution >= 0.6 is 0 Å². The van der Waals surface area contributed by atoms with Gasteiger partial charge >= 0.3 is 0 Å². The number of nitrogen functional groups attached to an aromatic ring is 1. The second kappa shape index (κ2) is 2.24. The van der Waals surface area contributed by atoms with Crippen molar-refractivity contribution in [3.05, 3.63) is 30.2 Å². The Hall–Kier alpha value is -1.51. The van der Waals surface area contributed by atoms with E-state index in [1.807, 2.05) is 6.07 Å². The second-order valence-electron chi connectivity index (χ2n) is 2.83. The summed E-state index contributed by atoms with van der Waals surface area (Å²) < 4.78 is 14.9. The lowest BCUT2D eigenvalue weighted by molar-refractivity contribution is 0.632. The number of halogens is 1. The van der Waals surface area contributed by atoms with Crippen LogP contribution in [0.4, 0.5) is 10.1 Å². The summed E-state index contributed by atoms with van der Waals surface area (Å²) in [4.78, 5) is 0. The Bertz CT molecular complexity index is 431. The molecular weight excluding hydrogens is 155 g/mol. The third-order valence-corrected chi connectivity index (χ3v) is 2.02. The van der Waals surface area contributed by atoms with Gasteiger partial charge in [0.15, 0.2) is 0 Å². The molecule has 0 atom stereocenters. The van der Waals surface area contributed by atoms with Crippen LogP contribution in [-0.4, -0.2) is 4.57 Å². The third-order valence-electron chi connectivity index (χ3n) is 2.02. The topological polar surface area (TPSA) is 30.9 Å². The van der Waals surface area contributed by atoms with E-state index in [0.717, 1.165) is 5.39 Å². The molecule has 2 aromatic rings. The van der Waals surface area contributed by atoms with E-state index in [1.165, 1.54) is 6.07 Å². The largest absolute Gasteiger partial charge is 0.398 e. The molecule has 0 saturated heterocycles. The van der Waals surface area contributed by atoms with Crippen molar-refractivity contribution in [3.8, 4) is 0 Å². The summed E-state index contributed by atoms with van der Waals surface area (Å²) in [5.41, 5.74) is 6.84. The van der Waals surface area contributed by atoms with Gasteiger partial charge in [-0.1, -0.05) is 0 Å². The van der Waals surface area contributed by atoms with Crippen LogP contribution in [0.2, 0.25) is 0 Å². The molecule has 0 radical (unpaired) electrons. The molecule has 12 heavy (non-hydrogen) atoms. The first-order valence-electron chi connectivity index (χ1n) is 3.69. The number of hydrogen-bond acceptors (Lipinski definition) is 1. The van der Waals surface area contributed by atoms with Crippen LogP contribution in [0.5, 0.6) is 0 Å². The smallest absolute Gasteiger partial charge is 0.147 e. The molecule has 0 unspecified atom stereocenters. The first-order chi connectivity index (χ1) is 5.70. The standard InChI is InChI=1S/C9H9FN2/c1-12-5-4-6-8(11)3-2-7(10)9(6)12/h2-5H,11H2,1H3. The van der Waals surface area contributed by atoms with Crippen molar-refractivity contribution in [1.29, 1.82) is 0 Å². The number of anilines is 1. The van der Waals surface area contributed by atoms with Gasteiger partial charge in [-0.05, 0) is 18.2 Å². The SMILES string of the molecule is Cn1ccc2c(N)ccc(F)c21. The van der Waals surface area contributed by atoms with E-state index >= 15 is 0 Å². The quantitative estimate of drug-likeness (QED) is 0.592. The van der Waals surface area contributed by atoms with Crippen LogP contribution in [0.25, 0.3) is 10.9 Å². The average molecular weight is 164 g/mol. The number of benzene rings is 1. The predicted octanol–water partition coefficient (Wildman–Crippen LogP) is 1.90. The van der Waals surface area contributed by atoms with Crippen molar-refractivity contribution in [2.45, 2.75) is 0 Å². The first-order valence-corrected chi connectivity index (χ1v) is 3.69. The van der Waals surface area contributed by atoms with Crippen LogP contribution in [0, 0.1) is 5.82 Å². The predicted molar refractivity (Wildman–Crippen MR) is 47.3 cm³/mol. The zero-order chi connectivity index (χ0) is 8.72. The van der Waals surface area contributed by atoms with E-state index < -0.39 is 0 Å². The zero-order valence-electron chi connectivity index (χ0n) is 6.71. The Morgan fingerprint density at radius 3 is 2.75 bits per heavy atom. The van der Waals surface area contributed by atoms with Gasteiger partial charge in [-0.15, -0.1) is 0 Å². The molecule has 0 aliphatic rings. The fraction of sp³-hybridized carbons (Fsp3) is 0.111. The molecule has 0 saturated carbocycles. The number of rotatable bonds is 0. The lowest BCUT2D eigenvalue weighted by Gasteiger charge is -1.99. The highest BCUT2D eigenvalue weighted by molar-refractivity contribution is 5.91. The molecule has 3 heteroatoms. The highest BCUT2D eigenvalue weighted by atomic mass is 19.1. The van der Waals surface area contributed by atoms with E-state index in [4.69, 9.17) is 5.73 Å². The summed E-state index contributed by atoms with van der Waals surface area (Å²) in [6.07, 6.45) is 1.80. The fourth-order valence-electron chi connectivity index (χ4n) is 1.39. The highest BCUT2D eigenvalue weighted by Gasteiger charge is 2.05. The van der Waals surface area contributed by atoms with E-state index in [-0.39, 0.29) is 5.82 Å². The minimum Gasteiger partial charge on any atom is -0.398 e. The summed E-state index contributed by atoms with van der Waals surface area (Å²) in [6.45, 7) is 0. The first kappa shape index (κ1) is 7.16. The van der Waals surface area contributed by atoms with Crippen molar-refractivity contribution in [2.24, 2.45) is 7.05 Å². The number of fused-ring (bicyclic) bond motifs is 1. The van der Waals surface area contributed by atoms with Gasteiger partial charge in [0.25, 0.3) is 0 Å². The molecule has 0 bridgehead atoms. The summed E-state index contributed by atoms with van der Waals surface area (Å²) in [7, 11) is 1.80. The van der Waals surface area contributed by atoms with Gasteiger partial charge in [-0.3, -0.25) is 0 Å². The van der Waals surface area contributed by atoms with Crippen LogP contribution in [0.1, 0.15) is 0 Å². The molecule has 2 nitrogen and oxygen atoms in total. The summed E-state index contributed by atoms with van der Waals surface area (Å²) >= 11 is 0. The Morgan fingerprint density at radius 1 is 1.33 bits per heavy atom. The maximum Gasteiger partial charge on any atom is 0.147 e. The molecule has 0 aliphatic heterocycles. The number of aryl methyl sites for hydroxylation is 1. The molecule has 1 aromatic heterocycles. The third kappa shape index (κ3) is 0.794.